The number of hydrogen-bond donors (Lipinski definition) is 1. The first-order chi connectivity index (χ1) is 11.6. The molecule has 0 heterocycles. The molecule has 0 aliphatic carbocycles. The second-order valence-corrected chi connectivity index (χ2v) is 8.01. The number of sulfone groups is 1. The molecule has 1 N–H and O–H groups in total. The zero-order valence-corrected chi connectivity index (χ0v) is 15.5. The van der Waals surface area contributed by atoms with Gasteiger partial charge in [0.15, 0.2) is 9.84 Å². The molecule has 0 aliphatic heterocycles. The maximum atomic E-state index is 12.5. The molecule has 2 rings (SSSR count). The summed E-state index contributed by atoms with van der Waals surface area (Å²) in [5.74, 6) is -0.874. The number of rotatable bonds is 4. The van der Waals surface area contributed by atoms with Gasteiger partial charge in [0, 0.05) is 25.9 Å². The van der Waals surface area contributed by atoms with Crippen LogP contribution >= 0.6 is 11.6 Å². The lowest BCUT2D eigenvalue weighted by molar-refractivity contribution is 0.0827. The molecule has 8 heteroatoms. The van der Waals surface area contributed by atoms with Crippen LogP contribution in [0.2, 0.25) is 5.02 Å². The summed E-state index contributed by atoms with van der Waals surface area (Å²) in [6, 6.07) is 10.4. The van der Waals surface area contributed by atoms with E-state index in [1.807, 2.05) is 0 Å². The van der Waals surface area contributed by atoms with E-state index in [2.05, 4.69) is 5.32 Å². The van der Waals surface area contributed by atoms with Crippen LogP contribution in [0, 0.1) is 0 Å². The van der Waals surface area contributed by atoms with Crippen molar-refractivity contribution in [1.82, 2.24) is 4.90 Å². The minimum Gasteiger partial charge on any atom is -0.345 e. The summed E-state index contributed by atoms with van der Waals surface area (Å²) in [4.78, 5) is 25.9. The Balaban J connectivity index is 2.40. The minimum absolute atomic E-state index is 0.00501. The fraction of sp³-hybridized carbons (Fsp3) is 0.176. The van der Waals surface area contributed by atoms with E-state index < -0.39 is 15.7 Å². The topological polar surface area (TPSA) is 83.6 Å². The number of hydrogen-bond acceptors (Lipinski definition) is 4. The lowest BCUT2D eigenvalue weighted by Crippen LogP contribution is -2.22. The summed E-state index contributed by atoms with van der Waals surface area (Å²) in [7, 11) is -0.351. The van der Waals surface area contributed by atoms with Gasteiger partial charge in [0.05, 0.1) is 21.2 Å². The second-order valence-electron chi connectivity index (χ2n) is 5.62. The number of nitrogens with one attached hydrogen (secondary N) is 1. The number of benzene rings is 2. The van der Waals surface area contributed by atoms with Crippen LogP contribution in [0.25, 0.3) is 0 Å². The van der Waals surface area contributed by atoms with Crippen molar-refractivity contribution in [2.24, 2.45) is 0 Å². The van der Waals surface area contributed by atoms with Crippen LogP contribution in [-0.4, -0.2) is 45.5 Å². The van der Waals surface area contributed by atoms with Crippen molar-refractivity contribution >= 4 is 38.9 Å². The van der Waals surface area contributed by atoms with Gasteiger partial charge in [0.25, 0.3) is 11.8 Å². The van der Waals surface area contributed by atoms with Gasteiger partial charge in [0.2, 0.25) is 0 Å². The van der Waals surface area contributed by atoms with Crippen molar-refractivity contribution in [1.29, 1.82) is 0 Å². The minimum atomic E-state index is -3.57. The lowest BCUT2D eigenvalue weighted by atomic mass is 10.1. The van der Waals surface area contributed by atoms with Crippen molar-refractivity contribution in [3.8, 4) is 0 Å². The summed E-state index contributed by atoms with van der Waals surface area (Å²) in [5.41, 5.74) is 0.578. The molecule has 0 saturated carbocycles. The number of nitrogens with zero attached hydrogens (tertiary/aromatic N) is 1. The summed E-state index contributed by atoms with van der Waals surface area (Å²) in [5, 5.41) is 2.80. The highest BCUT2D eigenvalue weighted by Crippen LogP contribution is 2.25. The molecule has 0 aliphatic rings. The molecule has 0 unspecified atom stereocenters. The molecule has 0 fully saturated rings. The van der Waals surface area contributed by atoms with Gasteiger partial charge in [-0.1, -0.05) is 23.7 Å². The van der Waals surface area contributed by atoms with E-state index in [0.29, 0.717) is 5.56 Å². The van der Waals surface area contributed by atoms with Crippen molar-refractivity contribution in [2.75, 3.05) is 25.7 Å². The van der Waals surface area contributed by atoms with Gasteiger partial charge in [-0.2, -0.15) is 0 Å². The molecule has 132 valence electrons. The Morgan fingerprint density at radius 2 is 1.72 bits per heavy atom. The first-order valence-electron chi connectivity index (χ1n) is 7.23. The van der Waals surface area contributed by atoms with E-state index in [-0.39, 0.29) is 27.1 Å². The van der Waals surface area contributed by atoms with Gasteiger partial charge in [-0.05, 0) is 30.3 Å². The average molecular weight is 381 g/mol. The fourth-order valence-corrected chi connectivity index (χ4v) is 3.23. The highest BCUT2D eigenvalue weighted by molar-refractivity contribution is 7.90. The lowest BCUT2D eigenvalue weighted by Gasteiger charge is -2.13. The molecular formula is C17H17ClN2O4S. The highest BCUT2D eigenvalue weighted by Gasteiger charge is 2.19. The summed E-state index contributed by atoms with van der Waals surface area (Å²) in [6.07, 6.45) is 1.03. The van der Waals surface area contributed by atoms with E-state index >= 15 is 0 Å². The summed E-state index contributed by atoms with van der Waals surface area (Å²) < 4.78 is 23.7. The molecule has 0 atom stereocenters. The Hall–Kier alpha value is -2.38. The predicted molar refractivity (Wildman–Crippen MR) is 97.0 cm³/mol. The Morgan fingerprint density at radius 3 is 2.32 bits per heavy atom. The predicted octanol–water partition coefficient (Wildman–Crippen LogP) is 2.70. The monoisotopic (exact) mass is 380 g/mol. The van der Waals surface area contributed by atoms with Crippen LogP contribution in [0.1, 0.15) is 20.7 Å². The second kappa shape index (κ2) is 7.25. The molecule has 6 nitrogen and oxygen atoms in total. The van der Waals surface area contributed by atoms with Crippen molar-refractivity contribution in [3.05, 3.63) is 58.6 Å². The van der Waals surface area contributed by atoms with Crippen LogP contribution in [0.4, 0.5) is 5.69 Å². The van der Waals surface area contributed by atoms with Crippen molar-refractivity contribution in [3.63, 3.8) is 0 Å². The third-order valence-corrected chi connectivity index (χ3v) is 4.88. The molecule has 25 heavy (non-hydrogen) atoms. The van der Waals surface area contributed by atoms with Crippen LogP contribution in [0.3, 0.4) is 0 Å². The Kier molecular flexibility index (Phi) is 5.49. The first kappa shape index (κ1) is 19.0. The molecule has 2 aromatic carbocycles. The van der Waals surface area contributed by atoms with Gasteiger partial charge in [-0.25, -0.2) is 8.42 Å². The maximum absolute atomic E-state index is 12.5. The Bertz CT molecular complexity index is 939. The zero-order chi connectivity index (χ0) is 18.8. The van der Waals surface area contributed by atoms with Crippen LogP contribution in [0.5, 0.6) is 0 Å². The Morgan fingerprint density at radius 1 is 1.08 bits per heavy atom. The molecule has 0 radical (unpaired) electrons. The maximum Gasteiger partial charge on any atom is 0.257 e. The van der Waals surface area contributed by atoms with Gasteiger partial charge in [0.1, 0.15) is 0 Å². The van der Waals surface area contributed by atoms with E-state index in [0.717, 1.165) is 6.26 Å². The Labute approximate surface area is 151 Å². The first-order valence-corrected chi connectivity index (χ1v) is 9.50. The highest BCUT2D eigenvalue weighted by atomic mass is 35.5. The smallest absolute Gasteiger partial charge is 0.257 e. The summed E-state index contributed by atoms with van der Waals surface area (Å²) in [6.45, 7) is 0. The molecule has 0 saturated heterocycles. The van der Waals surface area contributed by atoms with Gasteiger partial charge in [-0.3, -0.25) is 9.59 Å². The van der Waals surface area contributed by atoms with E-state index in [1.54, 1.807) is 26.2 Å². The molecule has 0 bridgehead atoms. The zero-order valence-electron chi connectivity index (χ0n) is 13.9. The summed E-state index contributed by atoms with van der Waals surface area (Å²) >= 11 is 6.08. The van der Waals surface area contributed by atoms with Gasteiger partial charge >= 0.3 is 0 Å². The number of halogens is 1. The molecule has 0 aromatic heterocycles. The molecular weight excluding hydrogens is 364 g/mol. The third kappa shape index (κ3) is 4.37. The molecule has 2 amide bonds. The van der Waals surface area contributed by atoms with E-state index in [9.17, 15) is 18.0 Å². The third-order valence-electron chi connectivity index (χ3n) is 3.40. The van der Waals surface area contributed by atoms with E-state index in [4.69, 9.17) is 11.6 Å². The molecule has 2 aromatic rings. The van der Waals surface area contributed by atoms with Crippen molar-refractivity contribution < 1.29 is 18.0 Å². The average Bonchev–Trinajstić information content (AvgIpc) is 2.55. The quantitative estimate of drug-likeness (QED) is 0.883. The van der Waals surface area contributed by atoms with Gasteiger partial charge in [-0.15, -0.1) is 0 Å². The van der Waals surface area contributed by atoms with Crippen molar-refractivity contribution in [2.45, 2.75) is 4.90 Å². The number of carbonyl (C=O) groups is 2. The number of carbonyl (C=O) groups excluding carboxylic acids is 2. The van der Waals surface area contributed by atoms with Gasteiger partial charge < -0.3 is 10.2 Å². The standard InChI is InChI=1S/C17H17ClN2O4S/c1-20(2)17(22)11-8-9-13(18)14(10-11)19-16(21)12-6-4-5-7-15(12)25(3,23)24/h4-10H,1-3H3,(H,19,21). The van der Waals surface area contributed by atoms with Crippen LogP contribution < -0.4 is 5.32 Å². The van der Waals surface area contributed by atoms with Crippen LogP contribution in [-0.2, 0) is 9.84 Å². The number of anilines is 1. The largest absolute Gasteiger partial charge is 0.345 e. The molecule has 0 spiro atoms. The van der Waals surface area contributed by atoms with Crippen LogP contribution in [0.15, 0.2) is 47.4 Å². The number of amides is 2. The normalized spacial score (nSPS) is 11.0. The van der Waals surface area contributed by atoms with E-state index in [1.165, 1.54) is 35.2 Å². The fourth-order valence-electron chi connectivity index (χ4n) is 2.18. The SMILES string of the molecule is CN(C)C(=O)c1ccc(Cl)c(NC(=O)c2ccccc2S(C)(=O)=O)c1.